The van der Waals surface area contributed by atoms with Crippen LogP contribution in [0.5, 0.6) is 0 Å². The lowest BCUT2D eigenvalue weighted by Gasteiger charge is -2.36. The molecule has 0 bridgehead atoms. The van der Waals surface area contributed by atoms with Crippen molar-refractivity contribution in [3.63, 3.8) is 0 Å². The second-order valence-corrected chi connectivity index (χ2v) is 13.4. The van der Waals surface area contributed by atoms with Crippen LogP contribution in [0, 0.1) is 0 Å². The van der Waals surface area contributed by atoms with Crippen LogP contribution >= 0.6 is 0 Å². The van der Waals surface area contributed by atoms with Crippen LogP contribution in [0.1, 0.15) is 52.8 Å². The summed E-state index contributed by atoms with van der Waals surface area (Å²) in [5, 5.41) is 1.02. The van der Waals surface area contributed by atoms with Crippen molar-refractivity contribution in [1.29, 1.82) is 0 Å². The van der Waals surface area contributed by atoms with Crippen molar-refractivity contribution in [2.45, 2.75) is 59.0 Å². The summed E-state index contributed by atoms with van der Waals surface area (Å²) in [4.78, 5) is 29.2. The smallest absolute Gasteiger partial charge is 0.308 e. The first-order valence-corrected chi connectivity index (χ1v) is 18.3. The van der Waals surface area contributed by atoms with Crippen LogP contribution in [0.4, 0.5) is 11.5 Å². The molecule has 3 heterocycles. The zero-order valence-corrected chi connectivity index (χ0v) is 32.1. The van der Waals surface area contributed by atoms with Gasteiger partial charge in [0.2, 0.25) is 0 Å². The average molecular weight is 767 g/mol. The highest BCUT2D eigenvalue weighted by Gasteiger charge is 2.19. The number of anilines is 2. The number of carbonyl (C=O) groups excluding carboxylic acids is 1. The normalized spacial score (nSPS) is 14.1. The fourth-order valence-corrected chi connectivity index (χ4v) is 5.35. The molecule has 0 saturated carbocycles. The number of nitrogens with zero attached hydrogens (tertiary/aromatic N) is 4. The molecule has 1 aliphatic rings. The van der Waals surface area contributed by atoms with Gasteiger partial charge in [0.05, 0.1) is 25.2 Å². The molecule has 0 unspecified atom stereocenters. The molecule has 18 nitrogen and oxygen atoms in total. The summed E-state index contributed by atoms with van der Waals surface area (Å²) in [6.07, 6.45) is 3.25. The minimum Gasteiger partial charge on any atom is -0.460 e. The molecule has 0 radical (unpaired) electrons. The molecule has 0 amide bonds. The fourth-order valence-electron chi connectivity index (χ4n) is 5.35. The Balaban J connectivity index is 0.902. The Labute approximate surface area is 316 Å². The number of nitrogens with one attached hydrogen (secondary N) is 1. The first-order chi connectivity index (χ1) is 26.2. The Morgan fingerprint density at radius 3 is 1.89 bits per heavy atom. The average Bonchev–Trinajstić information content (AvgIpc) is 3.59. The summed E-state index contributed by atoms with van der Waals surface area (Å²) in [7, 11) is 0. The highest BCUT2D eigenvalue weighted by molar-refractivity contribution is 6.06. The lowest BCUT2D eigenvalue weighted by atomic mass is 10.1. The Bertz CT molecular complexity index is 1500. The number of benzene rings is 1. The number of hydrogen-bond donors (Lipinski definition) is 2. The van der Waals surface area contributed by atoms with Crippen molar-refractivity contribution in [3.8, 4) is 0 Å². The number of carbonyl (C=O) groups is 1. The third kappa shape index (κ3) is 16.2. The topological polar surface area (TPSA) is 193 Å². The molecule has 54 heavy (non-hydrogen) atoms. The van der Waals surface area contributed by atoms with E-state index >= 15 is 0 Å². The zero-order chi connectivity index (χ0) is 38.4. The summed E-state index contributed by atoms with van der Waals surface area (Å²) in [5.41, 5.74) is 9.51. The Morgan fingerprint density at radius 1 is 0.778 bits per heavy atom. The van der Waals surface area contributed by atoms with Gasteiger partial charge in [-0.25, -0.2) is 9.97 Å². The van der Waals surface area contributed by atoms with E-state index in [1.54, 1.807) is 0 Å². The van der Waals surface area contributed by atoms with Gasteiger partial charge in [-0.2, -0.15) is 0 Å². The number of aromatic amines is 1. The number of H-pyrrole nitrogens is 1. The van der Waals surface area contributed by atoms with Crippen LogP contribution in [0.25, 0.3) is 21.9 Å². The number of fused-ring (bicyclic) bond motifs is 3. The second-order valence-electron chi connectivity index (χ2n) is 13.4. The van der Waals surface area contributed by atoms with E-state index in [2.05, 4.69) is 44.9 Å². The Kier molecular flexibility index (Phi) is 19.5. The van der Waals surface area contributed by atoms with Gasteiger partial charge in [0, 0.05) is 50.2 Å². The van der Waals surface area contributed by atoms with E-state index < -0.39 is 5.60 Å². The standard InChI is InChI=1S/C36H58N6O12/c1-5-6-7-31-39-33-29-9-8-28(18-30(29)38-35(37)34(33)40-31)42-13-11-41(12-14-42)15-17-45-20-47-22-49-24-51-26-53-27-52-25-50-23-48-21-46-19-44-16-10-32(43)54-36(2,3)4/h8-9,18H,5-7,10-17,19-27H2,1-4H3,(H2,37,38)(H,39,40). The summed E-state index contributed by atoms with van der Waals surface area (Å²) in [5.74, 6) is 1.12. The van der Waals surface area contributed by atoms with Crippen molar-refractivity contribution >= 4 is 39.4 Å². The number of unbranched alkanes of at least 4 members (excludes halogenated alkanes) is 1. The van der Waals surface area contributed by atoms with E-state index in [0.717, 1.165) is 85.4 Å². The molecule has 0 aliphatic carbocycles. The number of aryl methyl sites for hydroxylation is 1. The van der Waals surface area contributed by atoms with E-state index in [-0.39, 0.29) is 80.1 Å². The molecule has 2 aromatic heterocycles. The predicted molar refractivity (Wildman–Crippen MR) is 198 cm³/mol. The van der Waals surface area contributed by atoms with E-state index in [4.69, 9.17) is 62.8 Å². The van der Waals surface area contributed by atoms with Crippen molar-refractivity contribution in [3.05, 3.63) is 24.0 Å². The van der Waals surface area contributed by atoms with Crippen molar-refractivity contribution in [2.75, 3.05) is 118 Å². The van der Waals surface area contributed by atoms with Gasteiger partial charge in [-0.15, -0.1) is 0 Å². The monoisotopic (exact) mass is 766 g/mol. The van der Waals surface area contributed by atoms with Gasteiger partial charge in [0.1, 0.15) is 41.9 Å². The molecular formula is C36H58N6O12. The quantitative estimate of drug-likeness (QED) is 0.0617. The number of aromatic nitrogens is 3. The number of pyridine rings is 1. The number of rotatable bonds is 28. The molecular weight excluding hydrogens is 708 g/mol. The molecule has 1 aromatic carbocycles. The Hall–Kier alpha value is -3.27. The summed E-state index contributed by atoms with van der Waals surface area (Å²) in [6.45, 7) is 12.8. The highest BCUT2D eigenvalue weighted by Crippen LogP contribution is 2.30. The lowest BCUT2D eigenvalue weighted by Crippen LogP contribution is -2.47. The number of piperazine rings is 1. The Morgan fingerprint density at radius 2 is 1.33 bits per heavy atom. The second kappa shape index (κ2) is 24.3. The maximum Gasteiger partial charge on any atom is 0.308 e. The van der Waals surface area contributed by atoms with Gasteiger partial charge < -0.3 is 67.7 Å². The van der Waals surface area contributed by atoms with E-state index in [1.165, 1.54) is 0 Å². The van der Waals surface area contributed by atoms with Gasteiger partial charge in [0.15, 0.2) is 47.6 Å². The zero-order valence-electron chi connectivity index (χ0n) is 32.1. The van der Waals surface area contributed by atoms with E-state index in [9.17, 15) is 4.79 Å². The number of imidazole rings is 1. The number of nitrogens with two attached hydrogens (primary N) is 1. The van der Waals surface area contributed by atoms with Crippen molar-refractivity contribution in [2.24, 2.45) is 0 Å². The van der Waals surface area contributed by atoms with Crippen LogP contribution in [-0.4, -0.2) is 138 Å². The fraction of sp³-hybridized carbons (Fsp3) is 0.694. The molecule has 1 saturated heterocycles. The number of esters is 1. The maximum atomic E-state index is 11.6. The maximum absolute atomic E-state index is 11.6. The number of hydrogen-bond acceptors (Lipinski definition) is 17. The summed E-state index contributed by atoms with van der Waals surface area (Å²) in [6, 6.07) is 6.38. The predicted octanol–water partition coefficient (Wildman–Crippen LogP) is 3.67. The van der Waals surface area contributed by atoms with Crippen LogP contribution < -0.4 is 10.6 Å². The van der Waals surface area contributed by atoms with Gasteiger partial charge in [-0.1, -0.05) is 13.3 Å². The lowest BCUT2D eigenvalue weighted by molar-refractivity contribution is -0.229. The van der Waals surface area contributed by atoms with E-state index in [1.807, 2.05) is 20.8 Å². The SMILES string of the molecule is CCCCc1nc2c([nH]1)c(N)nc1cc(N3CCN(CCOCOCOCOCOCOCOCOCOCOCCC(=O)OC(C)(C)C)CC3)ccc12. The molecule has 0 atom stereocenters. The molecule has 18 heteroatoms. The minimum absolute atomic E-state index is 0.00663. The first-order valence-electron chi connectivity index (χ1n) is 18.3. The van der Waals surface area contributed by atoms with Crippen LogP contribution in [-0.2, 0) is 63.3 Å². The first kappa shape index (κ1) is 43.5. The van der Waals surface area contributed by atoms with Crippen LogP contribution in [0.15, 0.2) is 18.2 Å². The molecule has 3 N–H and O–H groups in total. The van der Waals surface area contributed by atoms with Gasteiger partial charge in [-0.3, -0.25) is 9.69 Å². The molecule has 0 spiro atoms. The summed E-state index contributed by atoms with van der Waals surface area (Å²) < 4.78 is 57.3. The van der Waals surface area contributed by atoms with Gasteiger partial charge in [-0.05, 0) is 45.4 Å². The molecule has 4 rings (SSSR count). The highest BCUT2D eigenvalue weighted by atomic mass is 16.8. The molecule has 304 valence electrons. The third-order valence-electron chi connectivity index (χ3n) is 7.91. The van der Waals surface area contributed by atoms with Crippen LogP contribution in [0.2, 0.25) is 0 Å². The molecule has 1 fully saturated rings. The minimum atomic E-state index is -0.514. The number of ether oxygens (including phenoxy) is 11. The third-order valence-corrected chi connectivity index (χ3v) is 7.91. The number of nitrogen functional groups attached to an aromatic ring is 1. The summed E-state index contributed by atoms with van der Waals surface area (Å²) >= 11 is 0. The van der Waals surface area contributed by atoms with Crippen molar-refractivity contribution in [1.82, 2.24) is 19.9 Å². The van der Waals surface area contributed by atoms with Crippen LogP contribution in [0.3, 0.4) is 0 Å². The van der Waals surface area contributed by atoms with Gasteiger partial charge >= 0.3 is 5.97 Å². The molecule has 3 aromatic rings. The molecule has 1 aliphatic heterocycles. The largest absolute Gasteiger partial charge is 0.460 e. The van der Waals surface area contributed by atoms with Gasteiger partial charge in [0.25, 0.3) is 0 Å². The van der Waals surface area contributed by atoms with E-state index in [0.29, 0.717) is 12.4 Å². The van der Waals surface area contributed by atoms with Crippen molar-refractivity contribution < 1.29 is 56.9 Å².